The van der Waals surface area contributed by atoms with Crippen molar-refractivity contribution in [2.45, 2.75) is 20.8 Å². The summed E-state index contributed by atoms with van der Waals surface area (Å²) in [5.41, 5.74) is 8.13. The lowest BCUT2D eigenvalue weighted by Gasteiger charge is -2.05. The Morgan fingerprint density at radius 1 is 1.17 bits per heavy atom. The highest BCUT2D eigenvalue weighted by Crippen LogP contribution is 2.18. The van der Waals surface area contributed by atoms with Crippen molar-refractivity contribution >= 4 is 18.0 Å². The van der Waals surface area contributed by atoms with E-state index in [1.54, 1.807) is 13.0 Å². The zero-order valence-corrected chi connectivity index (χ0v) is 14.0. The highest BCUT2D eigenvalue weighted by Gasteiger charge is 2.10. The number of hydrogen-bond donors (Lipinski definition) is 3. The fraction of sp³-hybridized carbons (Fsp3) is 0.235. The normalized spacial score (nSPS) is 10.6. The van der Waals surface area contributed by atoms with Crippen LogP contribution < -0.4 is 16.2 Å². The van der Waals surface area contributed by atoms with Crippen LogP contribution in [0, 0.1) is 13.8 Å². The predicted molar refractivity (Wildman–Crippen MR) is 92.4 cm³/mol. The van der Waals surface area contributed by atoms with Crippen LogP contribution in [0.3, 0.4) is 0 Å². The minimum Gasteiger partial charge on any atom is -0.337 e. The van der Waals surface area contributed by atoms with Gasteiger partial charge in [-0.2, -0.15) is 5.10 Å². The van der Waals surface area contributed by atoms with Crippen LogP contribution in [-0.4, -0.2) is 28.3 Å². The second kappa shape index (κ2) is 7.96. The Kier molecular flexibility index (Phi) is 5.73. The van der Waals surface area contributed by atoms with E-state index in [9.17, 15) is 9.59 Å². The fourth-order valence-corrected chi connectivity index (χ4v) is 2.24. The van der Waals surface area contributed by atoms with Crippen molar-refractivity contribution in [2.75, 3.05) is 6.54 Å². The van der Waals surface area contributed by atoms with Gasteiger partial charge in [-0.15, -0.1) is 0 Å². The molecule has 1 aromatic heterocycles. The SMILES string of the molecule is CCNC(=O)NNC(=O)/C=C/c1c(C)nn(-c2ccccc2)c1C. The van der Waals surface area contributed by atoms with Crippen molar-refractivity contribution in [3.05, 3.63) is 53.4 Å². The van der Waals surface area contributed by atoms with E-state index < -0.39 is 11.9 Å². The molecule has 24 heavy (non-hydrogen) atoms. The van der Waals surface area contributed by atoms with E-state index in [1.165, 1.54) is 6.08 Å². The molecule has 1 aromatic carbocycles. The van der Waals surface area contributed by atoms with Crippen molar-refractivity contribution in [3.63, 3.8) is 0 Å². The van der Waals surface area contributed by atoms with Gasteiger partial charge in [-0.25, -0.2) is 14.9 Å². The molecule has 0 saturated carbocycles. The molecule has 2 aromatic rings. The van der Waals surface area contributed by atoms with E-state index in [-0.39, 0.29) is 0 Å². The summed E-state index contributed by atoms with van der Waals surface area (Å²) in [5.74, 6) is -0.424. The smallest absolute Gasteiger partial charge is 0.333 e. The Balaban J connectivity index is 2.09. The number of rotatable bonds is 4. The van der Waals surface area contributed by atoms with Gasteiger partial charge in [0.1, 0.15) is 0 Å². The Bertz CT molecular complexity index is 750. The molecule has 0 aliphatic carbocycles. The third kappa shape index (κ3) is 4.22. The maximum absolute atomic E-state index is 11.8. The number of benzene rings is 1. The third-order valence-corrected chi connectivity index (χ3v) is 3.39. The molecule has 2 rings (SSSR count). The number of urea groups is 1. The molecule has 7 heteroatoms. The standard InChI is InChI=1S/C17H21N5O2/c1-4-18-17(24)20-19-16(23)11-10-15-12(2)21-22(13(15)3)14-8-6-5-7-9-14/h5-11H,4H2,1-3H3,(H,19,23)(H2,18,20,24)/b11-10+. The molecule has 0 aliphatic heterocycles. The Morgan fingerprint density at radius 2 is 1.88 bits per heavy atom. The van der Waals surface area contributed by atoms with Gasteiger partial charge in [0.25, 0.3) is 5.91 Å². The van der Waals surface area contributed by atoms with Crippen LogP contribution in [0.2, 0.25) is 0 Å². The highest BCUT2D eigenvalue weighted by atomic mass is 16.2. The van der Waals surface area contributed by atoms with Crippen LogP contribution in [0.1, 0.15) is 23.9 Å². The molecule has 0 unspecified atom stereocenters. The first-order chi connectivity index (χ1) is 11.5. The topological polar surface area (TPSA) is 88.1 Å². The van der Waals surface area contributed by atoms with E-state index in [4.69, 9.17) is 0 Å². The number of aromatic nitrogens is 2. The summed E-state index contributed by atoms with van der Waals surface area (Å²) >= 11 is 0. The van der Waals surface area contributed by atoms with E-state index >= 15 is 0 Å². The fourth-order valence-electron chi connectivity index (χ4n) is 2.24. The lowest BCUT2D eigenvalue weighted by atomic mass is 10.2. The summed E-state index contributed by atoms with van der Waals surface area (Å²) in [6.45, 7) is 6.10. The number of hydrazine groups is 1. The Hall–Kier alpha value is -3.09. The molecule has 3 N–H and O–H groups in total. The zero-order valence-electron chi connectivity index (χ0n) is 14.0. The molecule has 0 bridgehead atoms. The summed E-state index contributed by atoms with van der Waals surface area (Å²) in [6.07, 6.45) is 3.05. The lowest BCUT2D eigenvalue weighted by molar-refractivity contribution is -0.117. The molecule has 0 aliphatic rings. The number of hydrogen-bond acceptors (Lipinski definition) is 3. The van der Waals surface area contributed by atoms with Crippen LogP contribution in [-0.2, 0) is 4.79 Å². The molecule has 7 nitrogen and oxygen atoms in total. The largest absolute Gasteiger partial charge is 0.337 e. The summed E-state index contributed by atoms with van der Waals surface area (Å²) in [5, 5.41) is 7.02. The van der Waals surface area contributed by atoms with Gasteiger partial charge in [0, 0.05) is 23.9 Å². The summed E-state index contributed by atoms with van der Waals surface area (Å²) in [7, 11) is 0. The first-order valence-corrected chi connectivity index (χ1v) is 7.66. The molecular formula is C17H21N5O2. The summed E-state index contributed by atoms with van der Waals surface area (Å²) < 4.78 is 1.83. The van der Waals surface area contributed by atoms with Gasteiger partial charge in [0.2, 0.25) is 0 Å². The molecular weight excluding hydrogens is 306 g/mol. The van der Waals surface area contributed by atoms with Gasteiger partial charge in [-0.1, -0.05) is 18.2 Å². The van der Waals surface area contributed by atoms with E-state index in [1.807, 2.05) is 48.9 Å². The van der Waals surface area contributed by atoms with Gasteiger partial charge < -0.3 is 5.32 Å². The predicted octanol–water partition coefficient (Wildman–Crippen LogP) is 1.85. The number of aryl methyl sites for hydroxylation is 1. The van der Waals surface area contributed by atoms with Crippen LogP contribution in [0.25, 0.3) is 11.8 Å². The first-order valence-electron chi connectivity index (χ1n) is 7.66. The summed E-state index contributed by atoms with van der Waals surface area (Å²) in [4.78, 5) is 23.0. The molecule has 1 heterocycles. The summed E-state index contributed by atoms with van der Waals surface area (Å²) in [6, 6.07) is 9.32. The molecule has 126 valence electrons. The Labute approximate surface area is 140 Å². The monoisotopic (exact) mass is 327 g/mol. The average molecular weight is 327 g/mol. The van der Waals surface area contributed by atoms with Crippen LogP contribution in [0.5, 0.6) is 0 Å². The van der Waals surface area contributed by atoms with Gasteiger partial charge >= 0.3 is 6.03 Å². The number of carbonyl (C=O) groups excluding carboxylic acids is 2. The maximum Gasteiger partial charge on any atom is 0.333 e. The minimum atomic E-state index is -0.455. The minimum absolute atomic E-state index is 0.424. The van der Waals surface area contributed by atoms with Crippen LogP contribution in [0.4, 0.5) is 4.79 Å². The molecule has 0 atom stereocenters. The van der Waals surface area contributed by atoms with Crippen molar-refractivity contribution in [3.8, 4) is 5.69 Å². The highest BCUT2D eigenvalue weighted by molar-refractivity contribution is 5.93. The van der Waals surface area contributed by atoms with Crippen LogP contribution >= 0.6 is 0 Å². The number of nitrogens with zero attached hydrogens (tertiary/aromatic N) is 2. The zero-order chi connectivity index (χ0) is 17.5. The quantitative estimate of drug-likeness (QED) is 0.591. The van der Waals surface area contributed by atoms with Gasteiger partial charge in [-0.05, 0) is 39.0 Å². The third-order valence-electron chi connectivity index (χ3n) is 3.39. The van der Waals surface area contributed by atoms with Crippen molar-refractivity contribution < 1.29 is 9.59 Å². The molecule has 3 amide bonds. The molecule has 0 radical (unpaired) electrons. The van der Waals surface area contributed by atoms with Gasteiger partial charge in [0.15, 0.2) is 0 Å². The van der Waals surface area contributed by atoms with Crippen molar-refractivity contribution in [2.24, 2.45) is 0 Å². The van der Waals surface area contributed by atoms with E-state index in [0.717, 1.165) is 22.6 Å². The van der Waals surface area contributed by atoms with Crippen LogP contribution in [0.15, 0.2) is 36.4 Å². The van der Waals surface area contributed by atoms with E-state index in [0.29, 0.717) is 6.54 Å². The molecule has 0 spiro atoms. The van der Waals surface area contributed by atoms with Crippen molar-refractivity contribution in [1.29, 1.82) is 0 Å². The van der Waals surface area contributed by atoms with Crippen molar-refractivity contribution in [1.82, 2.24) is 25.9 Å². The number of amides is 3. The maximum atomic E-state index is 11.8. The second-order valence-electron chi connectivity index (χ2n) is 5.14. The first kappa shape index (κ1) is 17.3. The number of para-hydroxylation sites is 1. The molecule has 0 saturated heterocycles. The second-order valence-corrected chi connectivity index (χ2v) is 5.14. The Morgan fingerprint density at radius 3 is 2.54 bits per heavy atom. The average Bonchev–Trinajstić information content (AvgIpc) is 2.86. The lowest BCUT2D eigenvalue weighted by Crippen LogP contribution is -2.46. The molecule has 0 fully saturated rings. The van der Waals surface area contributed by atoms with Gasteiger partial charge in [-0.3, -0.25) is 10.2 Å². The number of nitrogens with one attached hydrogen (secondary N) is 3. The van der Waals surface area contributed by atoms with E-state index in [2.05, 4.69) is 21.3 Å². The number of carbonyl (C=O) groups is 2. The van der Waals surface area contributed by atoms with Gasteiger partial charge in [0.05, 0.1) is 11.4 Å².